The van der Waals surface area contributed by atoms with Crippen LogP contribution in [-0.4, -0.2) is 62.0 Å². The number of carbonyl (C=O) groups is 1. The third kappa shape index (κ3) is 4.64. The number of carbonyl (C=O) groups excluding carboxylic acids is 1. The molecule has 1 aliphatic heterocycles. The van der Waals surface area contributed by atoms with Crippen molar-refractivity contribution in [3.8, 4) is 0 Å². The molecule has 1 N–H and O–H groups in total. The van der Waals surface area contributed by atoms with Gasteiger partial charge < -0.3 is 15.1 Å². The maximum absolute atomic E-state index is 11.5. The van der Waals surface area contributed by atoms with Crippen molar-refractivity contribution in [1.29, 1.82) is 0 Å². The lowest BCUT2D eigenvalue weighted by atomic mass is 9.90. The Kier molecular flexibility index (Phi) is 5.92. The van der Waals surface area contributed by atoms with Crippen LogP contribution in [0.2, 0.25) is 0 Å². The zero-order valence-corrected chi connectivity index (χ0v) is 11.7. The largest absolute Gasteiger partial charge is 0.348 e. The van der Waals surface area contributed by atoms with Crippen molar-refractivity contribution in [2.75, 3.05) is 40.3 Å². The van der Waals surface area contributed by atoms with Gasteiger partial charge in [0.25, 0.3) is 0 Å². The Hall–Kier alpha value is -0.610. The summed E-state index contributed by atoms with van der Waals surface area (Å²) in [4.78, 5) is 15.6. The van der Waals surface area contributed by atoms with E-state index in [0.29, 0.717) is 18.5 Å². The van der Waals surface area contributed by atoms with Gasteiger partial charge in [0.15, 0.2) is 0 Å². The molecule has 0 spiro atoms. The molecule has 1 heterocycles. The molecule has 0 aromatic heterocycles. The first kappa shape index (κ1) is 14.5. The topological polar surface area (TPSA) is 35.6 Å². The molecule has 1 amide bonds. The molecule has 4 heteroatoms. The zero-order chi connectivity index (χ0) is 12.8. The lowest BCUT2D eigenvalue weighted by Crippen LogP contribution is -2.44. The second-order valence-corrected chi connectivity index (χ2v) is 5.23. The smallest absolute Gasteiger partial charge is 0.236 e. The molecule has 0 aromatic carbocycles. The van der Waals surface area contributed by atoms with Crippen LogP contribution in [0.1, 0.15) is 26.7 Å². The number of likely N-dealkylation sites (N-methyl/N-ethyl adjacent to an activating group) is 1. The molecule has 17 heavy (non-hydrogen) atoms. The van der Waals surface area contributed by atoms with Crippen LogP contribution in [0, 0.1) is 5.92 Å². The Balaban J connectivity index is 2.24. The summed E-state index contributed by atoms with van der Waals surface area (Å²) in [6.07, 6.45) is 2.50. The number of piperidine rings is 1. The van der Waals surface area contributed by atoms with Gasteiger partial charge in [-0.05, 0) is 45.3 Å². The normalized spacial score (nSPS) is 20.2. The lowest BCUT2D eigenvalue weighted by Gasteiger charge is -2.34. The minimum absolute atomic E-state index is 0.155. The Labute approximate surface area is 105 Å². The number of hydrogen-bond acceptors (Lipinski definition) is 3. The van der Waals surface area contributed by atoms with Gasteiger partial charge in [0.05, 0.1) is 6.54 Å². The van der Waals surface area contributed by atoms with Crippen LogP contribution in [-0.2, 0) is 4.79 Å². The minimum Gasteiger partial charge on any atom is -0.348 e. The number of nitrogens with one attached hydrogen (secondary N) is 1. The highest BCUT2D eigenvalue weighted by atomic mass is 16.2. The molecule has 1 fully saturated rings. The molecule has 0 radical (unpaired) electrons. The van der Waals surface area contributed by atoms with Gasteiger partial charge in [-0.25, -0.2) is 0 Å². The molecular weight excluding hydrogens is 214 g/mol. The molecule has 1 aliphatic rings. The number of hydrogen-bond donors (Lipinski definition) is 1. The van der Waals surface area contributed by atoms with E-state index in [-0.39, 0.29) is 5.91 Å². The standard InChI is InChI=1S/C13H27N3O/c1-5-16-8-6-12(7-9-16)11(2)14-10-13(17)15(3)4/h11-12,14H,5-10H2,1-4H3. The van der Waals surface area contributed by atoms with Crippen LogP contribution in [0.25, 0.3) is 0 Å². The van der Waals surface area contributed by atoms with E-state index in [1.165, 1.54) is 25.9 Å². The first-order valence-corrected chi connectivity index (χ1v) is 6.70. The van der Waals surface area contributed by atoms with E-state index in [4.69, 9.17) is 0 Å². The summed E-state index contributed by atoms with van der Waals surface area (Å²) in [7, 11) is 3.60. The van der Waals surface area contributed by atoms with E-state index in [2.05, 4.69) is 24.1 Å². The van der Waals surface area contributed by atoms with Crippen molar-refractivity contribution in [2.45, 2.75) is 32.7 Å². The maximum atomic E-state index is 11.5. The van der Waals surface area contributed by atoms with Gasteiger partial charge in [-0.15, -0.1) is 0 Å². The molecule has 4 nitrogen and oxygen atoms in total. The van der Waals surface area contributed by atoms with E-state index in [0.717, 1.165) is 6.54 Å². The van der Waals surface area contributed by atoms with Gasteiger partial charge in [0.1, 0.15) is 0 Å². The SMILES string of the molecule is CCN1CCC(C(C)NCC(=O)N(C)C)CC1. The fraction of sp³-hybridized carbons (Fsp3) is 0.923. The fourth-order valence-electron chi connectivity index (χ4n) is 2.34. The summed E-state index contributed by atoms with van der Waals surface area (Å²) >= 11 is 0. The van der Waals surface area contributed by atoms with E-state index >= 15 is 0 Å². The average Bonchev–Trinajstić information content (AvgIpc) is 2.35. The van der Waals surface area contributed by atoms with Crippen molar-refractivity contribution in [3.63, 3.8) is 0 Å². The van der Waals surface area contributed by atoms with Crippen LogP contribution in [0.4, 0.5) is 0 Å². The van der Waals surface area contributed by atoms with Crippen LogP contribution < -0.4 is 5.32 Å². The van der Waals surface area contributed by atoms with Crippen LogP contribution in [0.15, 0.2) is 0 Å². The minimum atomic E-state index is 0.155. The Morgan fingerprint density at radius 3 is 2.47 bits per heavy atom. The Morgan fingerprint density at radius 1 is 1.41 bits per heavy atom. The monoisotopic (exact) mass is 241 g/mol. The molecule has 1 unspecified atom stereocenters. The molecule has 1 saturated heterocycles. The summed E-state index contributed by atoms with van der Waals surface area (Å²) < 4.78 is 0. The molecule has 1 atom stereocenters. The summed E-state index contributed by atoms with van der Waals surface area (Å²) in [5.41, 5.74) is 0. The average molecular weight is 241 g/mol. The van der Waals surface area contributed by atoms with Crippen molar-refractivity contribution in [3.05, 3.63) is 0 Å². The lowest BCUT2D eigenvalue weighted by molar-refractivity contribution is -0.127. The Bertz CT molecular complexity index is 235. The molecule has 0 aromatic rings. The second kappa shape index (κ2) is 6.97. The predicted octanol–water partition coefficient (Wildman–Crippen LogP) is 0.785. The van der Waals surface area contributed by atoms with E-state index in [1.807, 2.05) is 0 Å². The predicted molar refractivity (Wildman–Crippen MR) is 71.0 cm³/mol. The molecule has 100 valence electrons. The number of nitrogens with zero attached hydrogens (tertiary/aromatic N) is 2. The van der Waals surface area contributed by atoms with E-state index < -0.39 is 0 Å². The van der Waals surface area contributed by atoms with Gasteiger partial charge in [0.2, 0.25) is 5.91 Å². The molecule has 1 rings (SSSR count). The zero-order valence-electron chi connectivity index (χ0n) is 11.7. The Morgan fingerprint density at radius 2 is 2.00 bits per heavy atom. The van der Waals surface area contributed by atoms with Crippen molar-refractivity contribution < 1.29 is 4.79 Å². The molecule has 0 bridgehead atoms. The van der Waals surface area contributed by atoms with Crippen LogP contribution in [0.5, 0.6) is 0 Å². The number of likely N-dealkylation sites (tertiary alicyclic amines) is 1. The summed E-state index contributed by atoms with van der Waals surface area (Å²) in [6, 6.07) is 0.443. The molecule has 0 saturated carbocycles. The quantitative estimate of drug-likeness (QED) is 0.773. The first-order valence-electron chi connectivity index (χ1n) is 6.70. The highest BCUT2D eigenvalue weighted by Crippen LogP contribution is 2.20. The van der Waals surface area contributed by atoms with Gasteiger partial charge in [0, 0.05) is 20.1 Å². The third-order valence-electron chi connectivity index (χ3n) is 3.86. The third-order valence-corrected chi connectivity index (χ3v) is 3.86. The molecular formula is C13H27N3O. The van der Waals surface area contributed by atoms with Crippen molar-refractivity contribution in [2.24, 2.45) is 5.92 Å². The van der Waals surface area contributed by atoms with Gasteiger partial charge in [-0.3, -0.25) is 4.79 Å². The van der Waals surface area contributed by atoms with Crippen LogP contribution in [0.3, 0.4) is 0 Å². The number of rotatable bonds is 5. The highest BCUT2D eigenvalue weighted by molar-refractivity contribution is 5.77. The van der Waals surface area contributed by atoms with Gasteiger partial charge >= 0.3 is 0 Å². The van der Waals surface area contributed by atoms with Crippen molar-refractivity contribution >= 4 is 5.91 Å². The first-order chi connectivity index (χ1) is 8.04. The molecule has 0 aliphatic carbocycles. The van der Waals surface area contributed by atoms with E-state index in [1.54, 1.807) is 19.0 Å². The van der Waals surface area contributed by atoms with Crippen molar-refractivity contribution in [1.82, 2.24) is 15.1 Å². The maximum Gasteiger partial charge on any atom is 0.236 e. The highest BCUT2D eigenvalue weighted by Gasteiger charge is 2.23. The van der Waals surface area contributed by atoms with Crippen LogP contribution >= 0.6 is 0 Å². The summed E-state index contributed by atoms with van der Waals surface area (Å²) in [5.74, 6) is 0.871. The second-order valence-electron chi connectivity index (χ2n) is 5.23. The van der Waals surface area contributed by atoms with Gasteiger partial charge in [-0.2, -0.15) is 0 Å². The number of amides is 1. The van der Waals surface area contributed by atoms with Gasteiger partial charge in [-0.1, -0.05) is 6.92 Å². The fourth-order valence-corrected chi connectivity index (χ4v) is 2.34. The summed E-state index contributed by atoms with van der Waals surface area (Å²) in [5, 5.41) is 3.36. The van der Waals surface area contributed by atoms with E-state index in [9.17, 15) is 4.79 Å². The summed E-state index contributed by atoms with van der Waals surface area (Å²) in [6.45, 7) is 8.45.